The van der Waals surface area contributed by atoms with Crippen molar-refractivity contribution in [1.82, 2.24) is 10.2 Å². The molecule has 1 saturated heterocycles. The summed E-state index contributed by atoms with van der Waals surface area (Å²) in [6.45, 7) is 4.28. The van der Waals surface area contributed by atoms with Crippen LogP contribution in [-0.2, 0) is 28.8 Å². The van der Waals surface area contributed by atoms with Crippen molar-refractivity contribution in [2.24, 2.45) is 0 Å². The van der Waals surface area contributed by atoms with Gasteiger partial charge in [-0.2, -0.15) is 26.3 Å². The SMILES string of the molecule is CCCc1cc(C(O)(C(F)(F)F)C(F)(F)F)cc(Cc2ccccc2)c1OCCCCN1C(=O)NC(CC)(c2ccc3c(c2)OCCO3)C1=O. The van der Waals surface area contributed by atoms with E-state index in [1.807, 2.05) is 0 Å². The number of unbranched alkanes of at least 4 members (excludes halogenated alkanes) is 1. The van der Waals surface area contributed by atoms with Crippen LogP contribution in [0.25, 0.3) is 0 Å². The number of benzene rings is 3. The second-order valence-electron chi connectivity index (χ2n) is 12.3. The Balaban J connectivity index is 1.34. The molecule has 0 radical (unpaired) electrons. The van der Waals surface area contributed by atoms with Gasteiger partial charge in [-0.15, -0.1) is 0 Å². The number of imide groups is 1. The molecule has 270 valence electrons. The van der Waals surface area contributed by atoms with Gasteiger partial charge < -0.3 is 24.6 Å². The molecule has 3 aromatic rings. The number of fused-ring (bicyclic) bond motifs is 1. The molecule has 1 unspecified atom stereocenters. The quantitative estimate of drug-likeness (QED) is 0.110. The molecule has 2 N–H and O–H groups in total. The molecule has 2 heterocycles. The zero-order valence-corrected chi connectivity index (χ0v) is 27.5. The number of halogens is 6. The first-order valence-electron chi connectivity index (χ1n) is 16.4. The van der Waals surface area contributed by atoms with Gasteiger partial charge in [0.2, 0.25) is 0 Å². The average Bonchev–Trinajstić information content (AvgIpc) is 3.33. The minimum Gasteiger partial charge on any atom is -0.493 e. The van der Waals surface area contributed by atoms with Crippen molar-refractivity contribution >= 4 is 11.9 Å². The van der Waals surface area contributed by atoms with E-state index in [9.17, 15) is 41.0 Å². The molecule has 3 aromatic carbocycles. The van der Waals surface area contributed by atoms with E-state index < -0.39 is 41.0 Å². The lowest BCUT2D eigenvalue weighted by molar-refractivity contribution is -0.376. The number of hydrogen-bond acceptors (Lipinski definition) is 6. The van der Waals surface area contributed by atoms with Gasteiger partial charge in [-0.3, -0.25) is 9.69 Å². The fourth-order valence-corrected chi connectivity index (χ4v) is 6.36. The Morgan fingerprint density at radius 3 is 2.18 bits per heavy atom. The predicted molar refractivity (Wildman–Crippen MR) is 170 cm³/mol. The third-order valence-corrected chi connectivity index (χ3v) is 9.00. The smallest absolute Gasteiger partial charge is 0.430 e. The van der Waals surface area contributed by atoms with Crippen molar-refractivity contribution in [3.63, 3.8) is 0 Å². The zero-order chi connectivity index (χ0) is 36.3. The standard InChI is InChI=1S/C36H38F6N2O6/c1-3-10-24-20-27(34(47,35(37,38)39)36(40,41)42)21-25(19-23-11-6-5-7-12-23)30(24)50-16-9-8-15-44-31(45)33(4-2,43-32(44)46)26-13-14-28-29(22-26)49-18-17-48-28/h5-7,11-14,20-22,47H,3-4,8-10,15-19H2,1-2H3,(H,43,46). The Bertz CT molecular complexity index is 1680. The van der Waals surface area contributed by atoms with Crippen molar-refractivity contribution in [2.75, 3.05) is 26.4 Å². The zero-order valence-electron chi connectivity index (χ0n) is 27.5. The van der Waals surface area contributed by atoms with Gasteiger partial charge in [0, 0.05) is 18.5 Å². The minimum atomic E-state index is -6.04. The summed E-state index contributed by atoms with van der Waals surface area (Å²) < 4.78 is 101. The van der Waals surface area contributed by atoms with Crippen LogP contribution in [0.4, 0.5) is 31.1 Å². The van der Waals surface area contributed by atoms with Gasteiger partial charge in [-0.05, 0) is 72.2 Å². The number of amides is 3. The second-order valence-corrected chi connectivity index (χ2v) is 12.3. The van der Waals surface area contributed by atoms with Crippen LogP contribution < -0.4 is 19.5 Å². The Morgan fingerprint density at radius 2 is 1.54 bits per heavy atom. The van der Waals surface area contributed by atoms with E-state index in [0.717, 1.165) is 4.90 Å². The Labute approximate surface area is 285 Å². The van der Waals surface area contributed by atoms with Gasteiger partial charge in [0.05, 0.1) is 6.61 Å². The number of alkyl halides is 6. The van der Waals surface area contributed by atoms with Crippen LogP contribution in [0, 0.1) is 0 Å². The molecular formula is C36H38F6N2O6. The number of hydrogen-bond donors (Lipinski definition) is 2. The number of nitrogens with one attached hydrogen (secondary N) is 1. The molecule has 0 spiro atoms. The second kappa shape index (κ2) is 14.4. The summed E-state index contributed by atoms with van der Waals surface area (Å²) in [4.78, 5) is 27.8. The van der Waals surface area contributed by atoms with Gasteiger partial charge in [-0.1, -0.05) is 56.7 Å². The van der Waals surface area contributed by atoms with E-state index in [-0.39, 0.29) is 49.3 Å². The van der Waals surface area contributed by atoms with Crippen molar-refractivity contribution in [2.45, 2.75) is 75.9 Å². The van der Waals surface area contributed by atoms with Crippen LogP contribution >= 0.6 is 0 Å². The Hall–Kier alpha value is -4.46. The summed E-state index contributed by atoms with van der Waals surface area (Å²) in [5.74, 6) is 0.711. The summed E-state index contributed by atoms with van der Waals surface area (Å²) in [6, 6.07) is 14.4. The van der Waals surface area contributed by atoms with Gasteiger partial charge in [0.15, 0.2) is 11.5 Å². The third kappa shape index (κ3) is 6.94. The molecule has 14 heteroatoms. The van der Waals surface area contributed by atoms with Gasteiger partial charge in [-0.25, -0.2) is 4.79 Å². The fraction of sp³-hybridized carbons (Fsp3) is 0.444. The number of carbonyl (C=O) groups excluding carboxylic acids is 2. The first-order chi connectivity index (χ1) is 23.7. The highest BCUT2D eigenvalue weighted by atomic mass is 19.4. The Kier molecular flexibility index (Phi) is 10.6. The summed E-state index contributed by atoms with van der Waals surface area (Å²) in [7, 11) is 0. The number of urea groups is 1. The topological polar surface area (TPSA) is 97.3 Å². The number of nitrogens with zero attached hydrogens (tertiary/aromatic N) is 1. The van der Waals surface area contributed by atoms with Gasteiger partial charge in [0.1, 0.15) is 24.5 Å². The van der Waals surface area contributed by atoms with Crippen LogP contribution in [0.3, 0.4) is 0 Å². The first-order valence-corrected chi connectivity index (χ1v) is 16.4. The summed E-state index contributed by atoms with van der Waals surface area (Å²) in [5, 5.41) is 13.1. The molecule has 0 aromatic heterocycles. The highest BCUT2D eigenvalue weighted by Crippen LogP contribution is 2.51. The molecule has 1 atom stereocenters. The lowest BCUT2D eigenvalue weighted by Gasteiger charge is -2.33. The highest BCUT2D eigenvalue weighted by Gasteiger charge is 2.71. The average molecular weight is 709 g/mol. The van der Waals surface area contributed by atoms with Crippen LogP contribution in [0.2, 0.25) is 0 Å². The fourth-order valence-electron chi connectivity index (χ4n) is 6.36. The summed E-state index contributed by atoms with van der Waals surface area (Å²) in [5.41, 5.74) is -6.45. The number of rotatable bonds is 13. The first kappa shape index (κ1) is 36.8. The van der Waals surface area contributed by atoms with Crippen molar-refractivity contribution < 1.29 is 55.2 Å². The summed E-state index contributed by atoms with van der Waals surface area (Å²) in [6.07, 6.45) is -10.8. The molecule has 3 amide bonds. The molecule has 0 aliphatic carbocycles. The van der Waals surface area contributed by atoms with Crippen molar-refractivity contribution in [1.29, 1.82) is 0 Å². The molecule has 0 bridgehead atoms. The summed E-state index contributed by atoms with van der Waals surface area (Å²) >= 11 is 0. The highest BCUT2D eigenvalue weighted by molar-refractivity contribution is 6.07. The molecule has 2 aliphatic rings. The number of aryl methyl sites for hydroxylation is 1. The third-order valence-electron chi connectivity index (χ3n) is 9.00. The Morgan fingerprint density at radius 1 is 0.880 bits per heavy atom. The van der Waals surface area contributed by atoms with Gasteiger partial charge in [0.25, 0.3) is 11.5 Å². The molecule has 1 fully saturated rings. The van der Waals surface area contributed by atoms with Crippen LogP contribution in [0.15, 0.2) is 60.7 Å². The van der Waals surface area contributed by atoms with Crippen molar-refractivity contribution in [3.05, 3.63) is 88.5 Å². The monoisotopic (exact) mass is 708 g/mol. The lowest BCUT2D eigenvalue weighted by atomic mass is 9.86. The normalized spacial score (nSPS) is 18.0. The maximum Gasteiger partial charge on any atom is 0.430 e. The van der Waals surface area contributed by atoms with Crippen LogP contribution in [0.5, 0.6) is 17.2 Å². The van der Waals surface area contributed by atoms with Crippen LogP contribution in [0.1, 0.15) is 67.3 Å². The number of aliphatic hydroxyl groups is 1. The predicted octanol–water partition coefficient (Wildman–Crippen LogP) is 7.33. The molecule has 2 aliphatic heterocycles. The van der Waals surface area contributed by atoms with Crippen LogP contribution in [-0.4, -0.2) is 60.7 Å². The van der Waals surface area contributed by atoms with E-state index in [0.29, 0.717) is 67.2 Å². The number of carbonyl (C=O) groups is 2. The molecule has 50 heavy (non-hydrogen) atoms. The molecule has 5 rings (SSSR count). The maximum absolute atomic E-state index is 13.9. The number of ether oxygens (including phenoxy) is 3. The maximum atomic E-state index is 13.9. The van der Waals surface area contributed by atoms with E-state index in [1.165, 1.54) is 0 Å². The minimum absolute atomic E-state index is 0.00854. The van der Waals surface area contributed by atoms with Gasteiger partial charge >= 0.3 is 18.4 Å². The lowest BCUT2D eigenvalue weighted by Crippen LogP contribution is -2.54. The van der Waals surface area contributed by atoms with E-state index in [4.69, 9.17) is 14.2 Å². The largest absolute Gasteiger partial charge is 0.493 e. The van der Waals surface area contributed by atoms with E-state index in [1.54, 1.807) is 62.4 Å². The van der Waals surface area contributed by atoms with E-state index in [2.05, 4.69) is 5.32 Å². The molecule has 0 saturated carbocycles. The molecule has 8 nitrogen and oxygen atoms in total. The van der Waals surface area contributed by atoms with E-state index >= 15 is 0 Å². The molecular weight excluding hydrogens is 670 g/mol. The van der Waals surface area contributed by atoms with Crippen molar-refractivity contribution in [3.8, 4) is 17.2 Å².